The molecule has 6 nitrogen and oxygen atoms in total. The van der Waals surface area contributed by atoms with Crippen molar-refractivity contribution in [2.24, 2.45) is 0 Å². The van der Waals surface area contributed by atoms with E-state index in [9.17, 15) is 4.79 Å². The first-order valence-corrected chi connectivity index (χ1v) is 10.2. The summed E-state index contributed by atoms with van der Waals surface area (Å²) >= 11 is 18.5. The van der Waals surface area contributed by atoms with Crippen LogP contribution in [0.15, 0.2) is 46.9 Å². The van der Waals surface area contributed by atoms with Gasteiger partial charge in [0.05, 0.1) is 22.4 Å². The summed E-state index contributed by atoms with van der Waals surface area (Å²) in [5.41, 5.74) is 3.72. The summed E-state index contributed by atoms with van der Waals surface area (Å²) in [5, 5.41) is 6.69. The van der Waals surface area contributed by atoms with Gasteiger partial charge in [-0.2, -0.15) is 8.75 Å². The van der Waals surface area contributed by atoms with Gasteiger partial charge in [0.15, 0.2) is 10.9 Å². The fourth-order valence-electron chi connectivity index (χ4n) is 2.71. The molecular formula is C19H12Cl2N4O2S2. The number of nitrogens with zero attached hydrogens (tertiary/aromatic N) is 2. The number of amides is 1. The molecule has 0 atom stereocenters. The first-order chi connectivity index (χ1) is 13.9. The average Bonchev–Trinajstić information content (AvgIpc) is 3.33. The molecule has 0 aliphatic heterocycles. The topological polar surface area (TPSA) is 80.0 Å². The van der Waals surface area contributed by atoms with Crippen molar-refractivity contribution in [3.63, 3.8) is 0 Å². The van der Waals surface area contributed by atoms with Crippen LogP contribution >= 0.6 is 47.1 Å². The first-order valence-electron chi connectivity index (χ1n) is 8.32. The molecule has 1 amide bonds. The van der Waals surface area contributed by atoms with Gasteiger partial charge in [-0.05, 0) is 61.1 Å². The number of anilines is 1. The Balaban J connectivity index is 1.49. The molecule has 4 rings (SSSR count). The summed E-state index contributed by atoms with van der Waals surface area (Å²) in [5.74, 6) is 0.0605. The lowest BCUT2D eigenvalue weighted by Crippen LogP contribution is -2.34. The zero-order chi connectivity index (χ0) is 20.5. The molecule has 0 saturated heterocycles. The summed E-state index contributed by atoms with van der Waals surface area (Å²) in [4.78, 5) is 12.5. The van der Waals surface area contributed by atoms with Crippen molar-refractivity contribution in [1.29, 1.82) is 0 Å². The molecule has 2 heterocycles. The number of rotatable bonds is 3. The second-order valence-electron chi connectivity index (χ2n) is 6.09. The Morgan fingerprint density at radius 2 is 1.97 bits per heavy atom. The zero-order valence-corrected chi connectivity index (χ0v) is 18.0. The molecule has 0 radical (unpaired) electrons. The monoisotopic (exact) mass is 462 g/mol. The van der Waals surface area contributed by atoms with Gasteiger partial charge in [0.2, 0.25) is 0 Å². The van der Waals surface area contributed by atoms with Gasteiger partial charge in [0, 0.05) is 10.6 Å². The number of aromatic nitrogens is 2. The van der Waals surface area contributed by atoms with E-state index in [1.54, 1.807) is 30.3 Å². The lowest BCUT2D eigenvalue weighted by Gasteiger charge is -2.11. The minimum Gasteiger partial charge on any atom is -0.451 e. The number of carbonyl (C=O) groups is 1. The van der Waals surface area contributed by atoms with Crippen molar-refractivity contribution >= 4 is 74.9 Å². The van der Waals surface area contributed by atoms with Crippen LogP contribution < -0.4 is 10.6 Å². The van der Waals surface area contributed by atoms with Crippen LogP contribution in [0.25, 0.3) is 22.4 Å². The third-order valence-corrected chi connectivity index (χ3v) is 5.42. The summed E-state index contributed by atoms with van der Waals surface area (Å²) in [6.45, 7) is 1.92. The number of aryl methyl sites for hydroxylation is 1. The van der Waals surface area contributed by atoms with Crippen LogP contribution in [0, 0.1) is 6.92 Å². The number of benzene rings is 2. The summed E-state index contributed by atoms with van der Waals surface area (Å²) < 4.78 is 14.1. The van der Waals surface area contributed by atoms with E-state index in [2.05, 4.69) is 19.4 Å². The zero-order valence-electron chi connectivity index (χ0n) is 14.8. The van der Waals surface area contributed by atoms with Crippen LogP contribution in [0.3, 0.4) is 0 Å². The van der Waals surface area contributed by atoms with Crippen LogP contribution in [0.5, 0.6) is 0 Å². The smallest absolute Gasteiger partial charge is 0.293 e. The number of halogens is 2. The molecule has 2 aromatic heterocycles. The molecule has 0 aliphatic rings. The van der Waals surface area contributed by atoms with E-state index >= 15 is 0 Å². The van der Waals surface area contributed by atoms with Crippen molar-refractivity contribution in [3.8, 4) is 11.3 Å². The highest BCUT2D eigenvalue weighted by Gasteiger charge is 2.17. The van der Waals surface area contributed by atoms with Gasteiger partial charge in [-0.25, -0.2) is 0 Å². The third kappa shape index (κ3) is 4.11. The maximum Gasteiger partial charge on any atom is 0.293 e. The second-order valence-corrected chi connectivity index (χ2v) is 7.87. The predicted octanol–water partition coefficient (Wildman–Crippen LogP) is 5.69. The average molecular weight is 463 g/mol. The molecule has 4 aromatic rings. The lowest BCUT2D eigenvalue weighted by molar-refractivity contribution is 0.0951. The number of nitrogens with one attached hydrogen (secondary N) is 2. The standard InChI is InChI=1S/C19H12Cl2N4O2S2/c1-9-2-5-13-17(25-29-24-13)16(9)22-19(28)23-18(26)15-7-6-14(27-15)11-4-3-10(20)8-12(11)21/h2-8H,1H3,(H2,22,23,26,28). The van der Waals surface area contributed by atoms with E-state index in [-0.39, 0.29) is 10.9 Å². The summed E-state index contributed by atoms with van der Waals surface area (Å²) in [6, 6.07) is 12.0. The molecule has 0 unspecified atom stereocenters. The van der Waals surface area contributed by atoms with Gasteiger partial charge in [-0.15, -0.1) is 0 Å². The van der Waals surface area contributed by atoms with Crippen molar-refractivity contribution < 1.29 is 9.21 Å². The van der Waals surface area contributed by atoms with Gasteiger partial charge >= 0.3 is 0 Å². The minimum absolute atomic E-state index is 0.0976. The Morgan fingerprint density at radius 3 is 2.76 bits per heavy atom. The van der Waals surface area contributed by atoms with E-state index in [1.165, 1.54) is 0 Å². The van der Waals surface area contributed by atoms with Gasteiger partial charge in [0.1, 0.15) is 16.8 Å². The quantitative estimate of drug-likeness (QED) is 0.380. The van der Waals surface area contributed by atoms with Crippen molar-refractivity contribution in [2.75, 3.05) is 5.32 Å². The Morgan fingerprint density at radius 1 is 1.14 bits per heavy atom. The van der Waals surface area contributed by atoms with Crippen LogP contribution in [0.1, 0.15) is 16.1 Å². The molecule has 0 saturated carbocycles. The molecular weight excluding hydrogens is 451 g/mol. The van der Waals surface area contributed by atoms with Crippen LogP contribution in [-0.2, 0) is 0 Å². The van der Waals surface area contributed by atoms with Crippen molar-refractivity contribution in [3.05, 3.63) is 63.8 Å². The van der Waals surface area contributed by atoms with Crippen LogP contribution in [-0.4, -0.2) is 19.8 Å². The molecule has 10 heteroatoms. The molecule has 29 heavy (non-hydrogen) atoms. The molecule has 0 spiro atoms. The van der Waals surface area contributed by atoms with Gasteiger partial charge in [-0.3, -0.25) is 10.1 Å². The van der Waals surface area contributed by atoms with Crippen LogP contribution in [0.4, 0.5) is 5.69 Å². The number of fused-ring (bicyclic) bond motifs is 1. The predicted molar refractivity (Wildman–Crippen MR) is 120 cm³/mol. The summed E-state index contributed by atoms with van der Waals surface area (Å²) in [7, 11) is 0. The number of carbonyl (C=O) groups excluding carboxylic acids is 1. The Labute approximate surface area is 185 Å². The van der Waals surface area contributed by atoms with E-state index in [0.717, 1.165) is 22.8 Å². The largest absolute Gasteiger partial charge is 0.451 e. The molecule has 146 valence electrons. The number of furan rings is 1. The number of hydrogen-bond donors (Lipinski definition) is 2. The number of thiocarbonyl (C=S) groups is 1. The first kappa shape index (κ1) is 19.8. The summed E-state index contributed by atoms with van der Waals surface area (Å²) in [6.07, 6.45) is 0. The molecule has 0 bridgehead atoms. The fraction of sp³-hybridized carbons (Fsp3) is 0.0526. The molecule has 2 N–H and O–H groups in total. The van der Waals surface area contributed by atoms with E-state index < -0.39 is 5.91 Å². The van der Waals surface area contributed by atoms with Gasteiger partial charge in [0.25, 0.3) is 5.91 Å². The molecule has 0 aliphatic carbocycles. The van der Waals surface area contributed by atoms with Gasteiger partial charge < -0.3 is 9.73 Å². The third-order valence-electron chi connectivity index (χ3n) is 4.13. The maximum absolute atomic E-state index is 12.5. The highest BCUT2D eigenvalue weighted by atomic mass is 35.5. The van der Waals surface area contributed by atoms with Gasteiger partial charge in [-0.1, -0.05) is 29.3 Å². The highest BCUT2D eigenvalue weighted by Crippen LogP contribution is 2.31. The maximum atomic E-state index is 12.5. The fourth-order valence-corrected chi connectivity index (χ4v) is 3.95. The Hall–Kier alpha value is -2.52. The van der Waals surface area contributed by atoms with E-state index in [4.69, 9.17) is 39.8 Å². The SMILES string of the molecule is Cc1ccc2nsnc2c1NC(=S)NC(=O)c1ccc(-c2ccc(Cl)cc2Cl)o1. The second kappa shape index (κ2) is 8.08. The highest BCUT2D eigenvalue weighted by molar-refractivity contribution is 7.80. The molecule has 0 fully saturated rings. The minimum atomic E-state index is -0.486. The Kier molecular flexibility index (Phi) is 5.51. The van der Waals surface area contributed by atoms with Crippen molar-refractivity contribution in [2.45, 2.75) is 6.92 Å². The van der Waals surface area contributed by atoms with Crippen molar-refractivity contribution in [1.82, 2.24) is 14.1 Å². The van der Waals surface area contributed by atoms with Crippen LogP contribution in [0.2, 0.25) is 10.0 Å². The van der Waals surface area contributed by atoms with E-state index in [1.807, 2.05) is 19.1 Å². The van der Waals surface area contributed by atoms with E-state index in [0.29, 0.717) is 32.6 Å². The molecule has 2 aromatic carbocycles. The Bertz CT molecular complexity index is 1250. The normalized spacial score (nSPS) is 10.9. The lowest BCUT2D eigenvalue weighted by atomic mass is 10.1. The number of hydrogen-bond acceptors (Lipinski definition) is 6.